The molecule has 21 heavy (non-hydrogen) atoms. The second-order valence-electron chi connectivity index (χ2n) is 6.32. The largest absolute Gasteiger partial charge is 0.387 e. The zero-order chi connectivity index (χ0) is 15.5. The van der Waals surface area contributed by atoms with Crippen LogP contribution in [0.5, 0.6) is 0 Å². The third-order valence-electron chi connectivity index (χ3n) is 4.12. The molecule has 114 valence electrons. The Hall–Kier alpha value is -1.84. The van der Waals surface area contributed by atoms with Crippen LogP contribution in [-0.2, 0) is 13.0 Å². The summed E-state index contributed by atoms with van der Waals surface area (Å²) in [5, 5.41) is 7.65. The number of nitrogens with one attached hydrogen (secondary N) is 1. The first-order valence-electron chi connectivity index (χ1n) is 7.74. The number of hydrogen-bond donors (Lipinski definition) is 2. The standard InChI is InChI=1S/C17H26N4/c1-4-8-15-20-13-9-5-6-10-14(13)21(15)12-7-11-17(2,3)16(18)19/h5-6,9-10H,4,7-8,11-12H2,1-3H3,(H3,18,19). The van der Waals surface area contributed by atoms with Gasteiger partial charge >= 0.3 is 0 Å². The average Bonchev–Trinajstić information content (AvgIpc) is 2.77. The van der Waals surface area contributed by atoms with E-state index in [4.69, 9.17) is 16.1 Å². The summed E-state index contributed by atoms with van der Waals surface area (Å²) >= 11 is 0. The number of nitrogens with two attached hydrogens (primary N) is 1. The smallest absolute Gasteiger partial charge is 0.109 e. The lowest BCUT2D eigenvalue weighted by molar-refractivity contribution is 0.428. The van der Waals surface area contributed by atoms with Crippen LogP contribution in [-0.4, -0.2) is 15.4 Å². The molecule has 1 aromatic carbocycles. The van der Waals surface area contributed by atoms with Gasteiger partial charge in [-0.3, -0.25) is 5.41 Å². The van der Waals surface area contributed by atoms with Crippen LogP contribution in [0.3, 0.4) is 0 Å². The van der Waals surface area contributed by atoms with Crippen LogP contribution in [0.4, 0.5) is 0 Å². The Kier molecular flexibility index (Phi) is 4.66. The molecular weight excluding hydrogens is 260 g/mol. The second-order valence-corrected chi connectivity index (χ2v) is 6.32. The maximum Gasteiger partial charge on any atom is 0.109 e. The van der Waals surface area contributed by atoms with Gasteiger partial charge in [-0.05, 0) is 31.4 Å². The van der Waals surface area contributed by atoms with Gasteiger partial charge in [0.05, 0.1) is 16.9 Å². The summed E-state index contributed by atoms with van der Waals surface area (Å²) in [6.45, 7) is 7.19. The molecule has 0 fully saturated rings. The molecule has 0 unspecified atom stereocenters. The van der Waals surface area contributed by atoms with Crippen LogP contribution < -0.4 is 5.73 Å². The van der Waals surface area contributed by atoms with Gasteiger partial charge in [0, 0.05) is 18.4 Å². The van der Waals surface area contributed by atoms with Crippen molar-refractivity contribution in [2.45, 2.75) is 53.0 Å². The van der Waals surface area contributed by atoms with Crippen molar-refractivity contribution < 1.29 is 0 Å². The Morgan fingerprint density at radius 2 is 2.05 bits per heavy atom. The molecule has 4 nitrogen and oxygen atoms in total. The van der Waals surface area contributed by atoms with Gasteiger partial charge in [0.25, 0.3) is 0 Å². The zero-order valence-corrected chi connectivity index (χ0v) is 13.3. The van der Waals surface area contributed by atoms with E-state index in [1.807, 2.05) is 19.9 Å². The van der Waals surface area contributed by atoms with E-state index in [2.05, 4.69) is 29.7 Å². The predicted molar refractivity (Wildman–Crippen MR) is 88.7 cm³/mol. The Bertz CT molecular complexity index is 625. The van der Waals surface area contributed by atoms with E-state index < -0.39 is 0 Å². The lowest BCUT2D eigenvalue weighted by Gasteiger charge is -2.23. The molecule has 0 bridgehead atoms. The summed E-state index contributed by atoms with van der Waals surface area (Å²) in [6.07, 6.45) is 4.02. The number of para-hydroxylation sites is 2. The van der Waals surface area contributed by atoms with Gasteiger partial charge in [-0.15, -0.1) is 0 Å². The molecule has 0 aliphatic carbocycles. The fourth-order valence-electron chi connectivity index (χ4n) is 2.60. The molecule has 0 saturated heterocycles. The molecule has 0 spiro atoms. The number of fused-ring (bicyclic) bond motifs is 1. The summed E-state index contributed by atoms with van der Waals surface area (Å²) in [5.74, 6) is 1.44. The number of nitrogens with zero attached hydrogens (tertiary/aromatic N) is 2. The van der Waals surface area contributed by atoms with Crippen LogP contribution >= 0.6 is 0 Å². The van der Waals surface area contributed by atoms with E-state index in [1.54, 1.807) is 0 Å². The molecule has 2 aromatic rings. The monoisotopic (exact) mass is 286 g/mol. The highest BCUT2D eigenvalue weighted by atomic mass is 15.1. The van der Waals surface area contributed by atoms with Gasteiger partial charge < -0.3 is 10.3 Å². The molecule has 0 aliphatic rings. The van der Waals surface area contributed by atoms with Crippen molar-refractivity contribution in [1.29, 1.82) is 5.41 Å². The number of benzene rings is 1. The lowest BCUT2D eigenvalue weighted by atomic mass is 9.86. The Balaban J connectivity index is 2.17. The van der Waals surface area contributed by atoms with E-state index in [9.17, 15) is 0 Å². The lowest BCUT2D eigenvalue weighted by Crippen LogP contribution is -2.31. The SMILES string of the molecule is CCCc1nc2ccccc2n1CCCC(C)(C)C(=N)N. The number of aryl methyl sites for hydroxylation is 2. The van der Waals surface area contributed by atoms with Crippen molar-refractivity contribution in [1.82, 2.24) is 9.55 Å². The third kappa shape index (κ3) is 3.43. The van der Waals surface area contributed by atoms with E-state index >= 15 is 0 Å². The van der Waals surface area contributed by atoms with Crippen LogP contribution in [0.1, 0.15) is 45.9 Å². The minimum Gasteiger partial charge on any atom is -0.387 e. The molecule has 0 aliphatic heterocycles. The van der Waals surface area contributed by atoms with Crippen molar-refractivity contribution in [3.8, 4) is 0 Å². The van der Waals surface area contributed by atoms with Crippen LogP contribution in [0.25, 0.3) is 11.0 Å². The van der Waals surface area contributed by atoms with Crippen molar-refractivity contribution in [2.24, 2.45) is 11.1 Å². The minimum absolute atomic E-state index is 0.221. The van der Waals surface area contributed by atoms with Gasteiger partial charge in [0.2, 0.25) is 0 Å². The van der Waals surface area contributed by atoms with Gasteiger partial charge in [-0.25, -0.2) is 4.98 Å². The Morgan fingerprint density at radius 1 is 1.33 bits per heavy atom. The Labute approximate surface area is 126 Å². The first-order valence-corrected chi connectivity index (χ1v) is 7.74. The number of rotatable bonds is 7. The fraction of sp³-hybridized carbons (Fsp3) is 0.529. The maximum atomic E-state index is 7.65. The molecule has 4 heteroatoms. The maximum absolute atomic E-state index is 7.65. The number of imidazole rings is 1. The predicted octanol–water partition coefficient (Wildman–Crippen LogP) is 3.73. The summed E-state index contributed by atoms with van der Waals surface area (Å²) in [6, 6.07) is 8.31. The van der Waals surface area contributed by atoms with Crippen molar-refractivity contribution in [3.05, 3.63) is 30.1 Å². The molecule has 0 saturated carbocycles. The van der Waals surface area contributed by atoms with E-state index in [1.165, 1.54) is 11.3 Å². The van der Waals surface area contributed by atoms with Gasteiger partial charge in [0.1, 0.15) is 5.82 Å². The van der Waals surface area contributed by atoms with Crippen molar-refractivity contribution in [3.63, 3.8) is 0 Å². The zero-order valence-electron chi connectivity index (χ0n) is 13.3. The molecule has 2 rings (SSSR count). The van der Waals surface area contributed by atoms with Gasteiger partial charge in [-0.1, -0.05) is 32.9 Å². The van der Waals surface area contributed by atoms with Crippen LogP contribution in [0, 0.1) is 10.8 Å². The molecule has 0 radical (unpaired) electrons. The highest BCUT2D eigenvalue weighted by molar-refractivity contribution is 5.82. The molecule has 0 amide bonds. The first-order chi connectivity index (χ1) is 9.95. The summed E-state index contributed by atoms with van der Waals surface area (Å²) in [7, 11) is 0. The summed E-state index contributed by atoms with van der Waals surface area (Å²) in [5.41, 5.74) is 7.73. The average molecular weight is 286 g/mol. The van der Waals surface area contributed by atoms with E-state index in [-0.39, 0.29) is 11.3 Å². The summed E-state index contributed by atoms with van der Waals surface area (Å²) in [4.78, 5) is 4.75. The highest BCUT2D eigenvalue weighted by Crippen LogP contribution is 2.24. The van der Waals surface area contributed by atoms with Crippen molar-refractivity contribution >= 4 is 16.9 Å². The summed E-state index contributed by atoms with van der Waals surface area (Å²) < 4.78 is 2.33. The van der Waals surface area contributed by atoms with E-state index in [0.29, 0.717) is 0 Å². The van der Waals surface area contributed by atoms with Crippen molar-refractivity contribution in [2.75, 3.05) is 0 Å². The topological polar surface area (TPSA) is 67.7 Å². The van der Waals surface area contributed by atoms with Gasteiger partial charge in [0.15, 0.2) is 0 Å². The second kappa shape index (κ2) is 6.29. The third-order valence-corrected chi connectivity index (χ3v) is 4.12. The quantitative estimate of drug-likeness (QED) is 0.601. The number of aromatic nitrogens is 2. The minimum atomic E-state index is -0.221. The Morgan fingerprint density at radius 3 is 2.71 bits per heavy atom. The van der Waals surface area contributed by atoms with Gasteiger partial charge in [-0.2, -0.15) is 0 Å². The van der Waals surface area contributed by atoms with Crippen LogP contribution in [0.2, 0.25) is 0 Å². The van der Waals surface area contributed by atoms with Crippen LogP contribution in [0.15, 0.2) is 24.3 Å². The highest BCUT2D eigenvalue weighted by Gasteiger charge is 2.21. The number of amidine groups is 1. The fourth-order valence-corrected chi connectivity index (χ4v) is 2.60. The normalized spacial score (nSPS) is 12.0. The molecule has 1 aromatic heterocycles. The molecule has 3 N–H and O–H groups in total. The molecule has 1 heterocycles. The van der Waals surface area contributed by atoms with E-state index in [0.717, 1.165) is 37.7 Å². The first kappa shape index (κ1) is 15.5. The molecular formula is C17H26N4. The molecule has 0 atom stereocenters. The number of hydrogen-bond acceptors (Lipinski definition) is 2.